The maximum atomic E-state index is 4.94. The van der Waals surface area contributed by atoms with Crippen molar-refractivity contribution in [2.24, 2.45) is 4.99 Å². The third-order valence-electron chi connectivity index (χ3n) is 0.668. The molecule has 7 heavy (non-hydrogen) atoms. The van der Waals surface area contributed by atoms with Crippen molar-refractivity contribution in [3.63, 3.8) is 0 Å². The lowest BCUT2D eigenvalue weighted by molar-refractivity contribution is 0.324. The van der Waals surface area contributed by atoms with Crippen molar-refractivity contribution in [1.82, 2.24) is 0 Å². The topological polar surface area (TPSA) is 21.6 Å². The molecule has 2 heteroatoms. The van der Waals surface area contributed by atoms with Crippen molar-refractivity contribution in [3.05, 3.63) is 0 Å². The van der Waals surface area contributed by atoms with Crippen molar-refractivity contribution in [2.75, 3.05) is 13.7 Å². The minimum Gasteiger partial charge on any atom is -0.482 e. The molecule has 0 aromatic carbocycles. The Balaban J connectivity index is 3.17. The molecule has 0 rings (SSSR count). The molecular formula is C5H11NO. The lowest BCUT2D eigenvalue weighted by Crippen LogP contribution is -1.96. The van der Waals surface area contributed by atoms with E-state index in [1.165, 1.54) is 0 Å². The summed E-state index contributed by atoms with van der Waals surface area (Å²) in [4.78, 5) is 3.77. The van der Waals surface area contributed by atoms with E-state index in [-0.39, 0.29) is 0 Å². The van der Waals surface area contributed by atoms with Crippen LogP contribution in [0.3, 0.4) is 0 Å². The molecule has 0 aliphatic carbocycles. The fraction of sp³-hybridized carbons (Fsp3) is 0.800. The lowest BCUT2D eigenvalue weighted by Gasteiger charge is -1.96. The van der Waals surface area contributed by atoms with E-state index < -0.39 is 0 Å². The fourth-order valence-corrected chi connectivity index (χ4v) is 0.273. The molecule has 42 valence electrons. The molecule has 0 aromatic heterocycles. The Bertz CT molecular complexity index is 68.5. The average molecular weight is 101 g/mol. The summed E-state index contributed by atoms with van der Waals surface area (Å²) in [5.41, 5.74) is 0. The summed E-state index contributed by atoms with van der Waals surface area (Å²) in [6.07, 6.45) is 0. The van der Waals surface area contributed by atoms with Crippen LogP contribution in [0.25, 0.3) is 0 Å². The summed E-state index contributed by atoms with van der Waals surface area (Å²) in [7, 11) is 1.71. The second-order valence-electron chi connectivity index (χ2n) is 1.18. The van der Waals surface area contributed by atoms with Crippen LogP contribution in [-0.4, -0.2) is 19.6 Å². The van der Waals surface area contributed by atoms with Crippen LogP contribution in [0.5, 0.6) is 0 Å². The molecule has 0 aliphatic rings. The highest BCUT2D eigenvalue weighted by Gasteiger charge is 1.79. The molecule has 0 aliphatic heterocycles. The van der Waals surface area contributed by atoms with Gasteiger partial charge in [0.1, 0.15) is 0 Å². The molecule has 0 bridgehead atoms. The van der Waals surface area contributed by atoms with E-state index in [1.54, 1.807) is 7.05 Å². The SMILES string of the molecule is CCO/C(C)=N/C. The first-order chi connectivity index (χ1) is 3.31. The quantitative estimate of drug-likeness (QED) is 0.357. The van der Waals surface area contributed by atoms with E-state index in [2.05, 4.69) is 4.99 Å². The highest BCUT2D eigenvalue weighted by molar-refractivity contribution is 5.72. The zero-order chi connectivity index (χ0) is 5.70. The number of hydrogen-bond acceptors (Lipinski definition) is 2. The van der Waals surface area contributed by atoms with Gasteiger partial charge in [-0.15, -0.1) is 0 Å². The molecule has 0 unspecified atom stereocenters. The van der Waals surface area contributed by atoms with Crippen molar-refractivity contribution < 1.29 is 4.74 Å². The minimum absolute atomic E-state index is 0.711. The van der Waals surface area contributed by atoms with Gasteiger partial charge in [0.15, 0.2) is 5.90 Å². The van der Waals surface area contributed by atoms with E-state index in [9.17, 15) is 0 Å². The van der Waals surface area contributed by atoms with Crippen LogP contribution >= 0.6 is 0 Å². The fourth-order valence-electron chi connectivity index (χ4n) is 0.273. The molecular weight excluding hydrogens is 90.1 g/mol. The Labute approximate surface area is 44.2 Å². The Kier molecular flexibility index (Phi) is 3.38. The van der Waals surface area contributed by atoms with Crippen LogP contribution in [0.2, 0.25) is 0 Å². The van der Waals surface area contributed by atoms with Gasteiger partial charge in [-0.3, -0.25) is 4.99 Å². The molecule has 0 heterocycles. The maximum absolute atomic E-state index is 4.94. The number of ether oxygens (including phenoxy) is 1. The van der Waals surface area contributed by atoms with E-state index >= 15 is 0 Å². The van der Waals surface area contributed by atoms with Crippen LogP contribution in [-0.2, 0) is 4.74 Å². The molecule has 0 atom stereocenters. The molecule has 0 saturated heterocycles. The van der Waals surface area contributed by atoms with Gasteiger partial charge in [-0.05, 0) is 6.92 Å². The smallest absolute Gasteiger partial charge is 0.179 e. The third-order valence-corrected chi connectivity index (χ3v) is 0.668. The van der Waals surface area contributed by atoms with Crippen LogP contribution in [0.4, 0.5) is 0 Å². The molecule has 0 fully saturated rings. The van der Waals surface area contributed by atoms with E-state index in [4.69, 9.17) is 4.74 Å². The van der Waals surface area contributed by atoms with Crippen LogP contribution < -0.4 is 0 Å². The van der Waals surface area contributed by atoms with Gasteiger partial charge in [0.05, 0.1) is 6.61 Å². The van der Waals surface area contributed by atoms with E-state index in [0.29, 0.717) is 6.61 Å². The molecule has 2 nitrogen and oxygen atoms in total. The van der Waals surface area contributed by atoms with E-state index in [1.807, 2.05) is 13.8 Å². The monoisotopic (exact) mass is 101 g/mol. The first-order valence-corrected chi connectivity index (χ1v) is 2.37. The summed E-state index contributed by atoms with van der Waals surface area (Å²) in [6.45, 7) is 4.49. The standard InChI is InChI=1S/C5H11NO/c1-4-7-5(2)6-3/h4H2,1-3H3/b6-5+. The van der Waals surface area contributed by atoms with Crippen LogP contribution in [0.15, 0.2) is 4.99 Å². The number of aliphatic imine (C=N–C) groups is 1. The zero-order valence-electron chi connectivity index (χ0n) is 5.06. The second kappa shape index (κ2) is 3.65. The molecule has 0 saturated carbocycles. The summed E-state index contributed by atoms with van der Waals surface area (Å²) < 4.78 is 4.94. The highest BCUT2D eigenvalue weighted by Crippen LogP contribution is 1.76. The van der Waals surface area contributed by atoms with Crippen molar-refractivity contribution in [1.29, 1.82) is 0 Å². The van der Waals surface area contributed by atoms with Crippen molar-refractivity contribution in [2.45, 2.75) is 13.8 Å². The highest BCUT2D eigenvalue weighted by atomic mass is 16.5. The summed E-state index contributed by atoms with van der Waals surface area (Å²) in [5.74, 6) is 0.752. The number of rotatable bonds is 1. The first kappa shape index (κ1) is 6.47. The first-order valence-electron chi connectivity index (χ1n) is 2.37. The largest absolute Gasteiger partial charge is 0.482 e. The molecule has 0 radical (unpaired) electrons. The second-order valence-corrected chi connectivity index (χ2v) is 1.18. The van der Waals surface area contributed by atoms with E-state index in [0.717, 1.165) is 5.90 Å². The Morgan fingerprint density at radius 3 is 2.43 bits per heavy atom. The summed E-state index contributed by atoms with van der Waals surface area (Å²) in [6, 6.07) is 0. The predicted molar refractivity (Wildman–Crippen MR) is 30.7 cm³/mol. The van der Waals surface area contributed by atoms with Gasteiger partial charge in [0.2, 0.25) is 0 Å². The average Bonchev–Trinajstić information content (AvgIpc) is 1.68. The van der Waals surface area contributed by atoms with Gasteiger partial charge in [-0.2, -0.15) is 0 Å². The van der Waals surface area contributed by atoms with Gasteiger partial charge >= 0.3 is 0 Å². The third kappa shape index (κ3) is 3.30. The van der Waals surface area contributed by atoms with Crippen molar-refractivity contribution >= 4 is 5.90 Å². The molecule has 0 N–H and O–H groups in total. The normalized spacial score (nSPS) is 11.6. The Hall–Kier alpha value is -0.530. The van der Waals surface area contributed by atoms with Crippen LogP contribution in [0.1, 0.15) is 13.8 Å². The zero-order valence-corrected chi connectivity index (χ0v) is 5.06. The lowest BCUT2D eigenvalue weighted by atomic mass is 10.7. The summed E-state index contributed by atoms with van der Waals surface area (Å²) in [5, 5.41) is 0. The van der Waals surface area contributed by atoms with Gasteiger partial charge in [0.25, 0.3) is 0 Å². The van der Waals surface area contributed by atoms with Gasteiger partial charge in [-0.1, -0.05) is 0 Å². The van der Waals surface area contributed by atoms with Gasteiger partial charge < -0.3 is 4.74 Å². The van der Waals surface area contributed by atoms with Gasteiger partial charge in [-0.25, -0.2) is 0 Å². The predicted octanol–water partition coefficient (Wildman–Crippen LogP) is 1.07. The van der Waals surface area contributed by atoms with Gasteiger partial charge in [0, 0.05) is 14.0 Å². The number of hydrogen-bond donors (Lipinski definition) is 0. The Morgan fingerprint density at radius 1 is 1.71 bits per heavy atom. The van der Waals surface area contributed by atoms with Crippen LogP contribution in [0, 0.1) is 0 Å². The molecule has 0 amide bonds. The number of nitrogens with zero attached hydrogens (tertiary/aromatic N) is 1. The molecule has 0 spiro atoms. The molecule has 0 aromatic rings. The van der Waals surface area contributed by atoms with Crippen molar-refractivity contribution in [3.8, 4) is 0 Å². The maximum Gasteiger partial charge on any atom is 0.179 e. The Morgan fingerprint density at radius 2 is 2.29 bits per heavy atom. The minimum atomic E-state index is 0.711. The summed E-state index contributed by atoms with van der Waals surface area (Å²) >= 11 is 0.